The topological polar surface area (TPSA) is 84.9 Å². The Morgan fingerprint density at radius 1 is 1.57 bits per heavy atom. The molecule has 0 rings (SSSR count). The van der Waals surface area contributed by atoms with E-state index in [4.69, 9.17) is 9.84 Å². The summed E-state index contributed by atoms with van der Waals surface area (Å²) in [5.41, 5.74) is -0.634. The van der Waals surface area contributed by atoms with Crippen LogP contribution in [-0.4, -0.2) is 36.1 Å². The molecule has 0 heterocycles. The lowest BCUT2D eigenvalue weighted by atomic mass is 10.2. The standard InChI is InChI=1S/C8H15NO5/c1-8(2,3)14-7(12)9-6(4-10)13-5-11/h5-6,10H,4H2,1-3H3,(H,9,12). The molecule has 1 atom stereocenters. The van der Waals surface area contributed by atoms with Crippen LogP contribution in [0.15, 0.2) is 0 Å². The van der Waals surface area contributed by atoms with Gasteiger partial charge in [-0.3, -0.25) is 10.1 Å². The summed E-state index contributed by atoms with van der Waals surface area (Å²) in [5.74, 6) is 0. The second kappa shape index (κ2) is 5.43. The van der Waals surface area contributed by atoms with Gasteiger partial charge in [0.15, 0.2) is 0 Å². The molecule has 14 heavy (non-hydrogen) atoms. The first-order valence-corrected chi connectivity index (χ1v) is 4.08. The van der Waals surface area contributed by atoms with Crippen molar-refractivity contribution in [1.82, 2.24) is 5.32 Å². The molecule has 82 valence electrons. The minimum absolute atomic E-state index is 0.137. The van der Waals surface area contributed by atoms with Crippen LogP contribution >= 0.6 is 0 Å². The van der Waals surface area contributed by atoms with Crippen LogP contribution in [0, 0.1) is 0 Å². The summed E-state index contributed by atoms with van der Waals surface area (Å²) in [4.78, 5) is 21.0. The smallest absolute Gasteiger partial charge is 0.410 e. The Balaban J connectivity index is 3.96. The molecule has 0 aliphatic carbocycles. The molecule has 0 aromatic carbocycles. The number of aliphatic hydroxyl groups is 1. The van der Waals surface area contributed by atoms with Crippen molar-refractivity contribution in [2.75, 3.05) is 6.61 Å². The van der Waals surface area contributed by atoms with Crippen LogP contribution in [-0.2, 0) is 14.3 Å². The van der Waals surface area contributed by atoms with E-state index in [-0.39, 0.29) is 6.47 Å². The fourth-order valence-electron chi connectivity index (χ4n) is 0.629. The third-order valence-electron chi connectivity index (χ3n) is 1.06. The quantitative estimate of drug-likeness (QED) is 0.498. The molecule has 0 radical (unpaired) electrons. The van der Waals surface area contributed by atoms with Crippen molar-refractivity contribution in [3.63, 3.8) is 0 Å². The van der Waals surface area contributed by atoms with Gasteiger partial charge in [-0.1, -0.05) is 0 Å². The first-order chi connectivity index (χ1) is 6.39. The van der Waals surface area contributed by atoms with Gasteiger partial charge in [-0.2, -0.15) is 0 Å². The van der Waals surface area contributed by atoms with Crippen LogP contribution in [0.25, 0.3) is 0 Å². The summed E-state index contributed by atoms with van der Waals surface area (Å²) in [7, 11) is 0. The first kappa shape index (κ1) is 12.7. The fourth-order valence-corrected chi connectivity index (χ4v) is 0.629. The Morgan fingerprint density at radius 3 is 2.50 bits per heavy atom. The van der Waals surface area contributed by atoms with Crippen molar-refractivity contribution in [1.29, 1.82) is 0 Å². The maximum Gasteiger partial charge on any atom is 0.410 e. The predicted octanol–water partition coefficient (Wildman–Crippen LogP) is 0.00250. The molecular formula is C8H15NO5. The zero-order valence-electron chi connectivity index (χ0n) is 8.44. The molecule has 1 amide bonds. The predicted molar refractivity (Wildman–Crippen MR) is 47.4 cm³/mol. The van der Waals surface area contributed by atoms with Crippen LogP contribution < -0.4 is 5.32 Å². The normalized spacial score (nSPS) is 12.9. The van der Waals surface area contributed by atoms with Crippen LogP contribution in [0.2, 0.25) is 0 Å². The Hall–Kier alpha value is -1.30. The van der Waals surface area contributed by atoms with Gasteiger partial charge in [-0.15, -0.1) is 0 Å². The lowest BCUT2D eigenvalue weighted by Crippen LogP contribution is -2.42. The zero-order valence-corrected chi connectivity index (χ0v) is 8.44. The summed E-state index contributed by atoms with van der Waals surface area (Å²) < 4.78 is 9.19. The van der Waals surface area contributed by atoms with Crippen LogP contribution in [0.3, 0.4) is 0 Å². The number of amides is 1. The number of carbonyl (C=O) groups excluding carboxylic acids is 2. The average Bonchev–Trinajstić information content (AvgIpc) is 2.00. The molecule has 0 bridgehead atoms. The monoisotopic (exact) mass is 205 g/mol. The SMILES string of the molecule is CC(C)(C)OC(=O)NC(CO)OC=O. The van der Waals surface area contributed by atoms with Gasteiger partial charge in [0, 0.05) is 0 Å². The van der Waals surface area contributed by atoms with E-state index in [1.165, 1.54) is 0 Å². The number of rotatable bonds is 4. The summed E-state index contributed by atoms with van der Waals surface area (Å²) in [6.45, 7) is 4.72. The highest BCUT2D eigenvalue weighted by Crippen LogP contribution is 2.06. The van der Waals surface area contributed by atoms with Crippen LogP contribution in [0.5, 0.6) is 0 Å². The summed E-state index contributed by atoms with van der Waals surface area (Å²) in [6, 6.07) is 0. The Labute approximate surface area is 82.2 Å². The van der Waals surface area contributed by atoms with Crippen molar-refractivity contribution in [2.24, 2.45) is 0 Å². The molecule has 0 fully saturated rings. The molecule has 0 aliphatic rings. The fraction of sp³-hybridized carbons (Fsp3) is 0.750. The molecule has 0 aromatic rings. The lowest BCUT2D eigenvalue weighted by Gasteiger charge is -2.21. The molecule has 0 spiro atoms. The summed E-state index contributed by atoms with van der Waals surface area (Å²) in [6.07, 6.45) is -1.82. The third kappa shape index (κ3) is 6.24. The Morgan fingerprint density at radius 2 is 2.14 bits per heavy atom. The van der Waals surface area contributed by atoms with E-state index in [0.29, 0.717) is 0 Å². The Kier molecular flexibility index (Phi) is 4.93. The van der Waals surface area contributed by atoms with Crippen molar-refractivity contribution in [3.8, 4) is 0 Å². The molecule has 1 unspecified atom stereocenters. The molecule has 2 N–H and O–H groups in total. The minimum Gasteiger partial charge on any atom is -0.444 e. The molecular weight excluding hydrogens is 190 g/mol. The second-order valence-corrected chi connectivity index (χ2v) is 3.55. The molecule has 6 nitrogen and oxygen atoms in total. The highest BCUT2D eigenvalue weighted by Gasteiger charge is 2.19. The van der Waals surface area contributed by atoms with Gasteiger partial charge in [0.25, 0.3) is 6.47 Å². The number of carbonyl (C=O) groups is 2. The van der Waals surface area contributed by atoms with Gasteiger partial charge in [0.2, 0.25) is 6.23 Å². The molecule has 0 saturated heterocycles. The van der Waals surface area contributed by atoms with Crippen LogP contribution in [0.4, 0.5) is 4.79 Å². The van der Waals surface area contributed by atoms with E-state index >= 15 is 0 Å². The van der Waals surface area contributed by atoms with Crippen molar-refractivity contribution < 1.29 is 24.2 Å². The van der Waals surface area contributed by atoms with Gasteiger partial charge in [0.05, 0.1) is 6.61 Å². The van der Waals surface area contributed by atoms with Crippen molar-refractivity contribution in [2.45, 2.75) is 32.6 Å². The van der Waals surface area contributed by atoms with E-state index in [2.05, 4.69) is 10.1 Å². The van der Waals surface area contributed by atoms with Gasteiger partial charge in [-0.05, 0) is 20.8 Å². The number of ether oxygens (including phenoxy) is 2. The third-order valence-corrected chi connectivity index (χ3v) is 1.06. The van der Waals surface area contributed by atoms with Gasteiger partial charge in [-0.25, -0.2) is 4.79 Å². The number of alkyl carbamates (subject to hydrolysis) is 1. The lowest BCUT2D eigenvalue weighted by molar-refractivity contribution is -0.136. The molecule has 6 heteroatoms. The Bertz CT molecular complexity index is 198. The number of hydrogen-bond acceptors (Lipinski definition) is 5. The van der Waals surface area contributed by atoms with E-state index in [1.807, 2.05) is 0 Å². The van der Waals surface area contributed by atoms with E-state index in [0.717, 1.165) is 0 Å². The van der Waals surface area contributed by atoms with E-state index < -0.39 is 24.5 Å². The average molecular weight is 205 g/mol. The molecule has 0 saturated carbocycles. The maximum atomic E-state index is 11.1. The van der Waals surface area contributed by atoms with Gasteiger partial charge < -0.3 is 14.6 Å². The number of nitrogens with one attached hydrogen (secondary N) is 1. The summed E-state index contributed by atoms with van der Waals surface area (Å²) in [5, 5.41) is 10.8. The van der Waals surface area contributed by atoms with Gasteiger partial charge >= 0.3 is 6.09 Å². The largest absolute Gasteiger partial charge is 0.444 e. The maximum absolute atomic E-state index is 11.1. The second-order valence-electron chi connectivity index (χ2n) is 3.55. The van der Waals surface area contributed by atoms with E-state index in [9.17, 15) is 9.59 Å². The highest BCUT2D eigenvalue weighted by atomic mass is 16.6. The zero-order chi connectivity index (χ0) is 11.2. The van der Waals surface area contributed by atoms with Crippen LogP contribution in [0.1, 0.15) is 20.8 Å². The summed E-state index contributed by atoms with van der Waals surface area (Å²) >= 11 is 0. The highest BCUT2D eigenvalue weighted by molar-refractivity contribution is 5.68. The van der Waals surface area contributed by atoms with Crippen molar-refractivity contribution >= 4 is 12.6 Å². The number of aliphatic hydroxyl groups excluding tert-OH is 1. The van der Waals surface area contributed by atoms with E-state index in [1.54, 1.807) is 20.8 Å². The van der Waals surface area contributed by atoms with Gasteiger partial charge in [0.1, 0.15) is 5.60 Å². The minimum atomic E-state index is -1.07. The van der Waals surface area contributed by atoms with Crippen molar-refractivity contribution in [3.05, 3.63) is 0 Å². The molecule has 0 aromatic heterocycles. The first-order valence-electron chi connectivity index (χ1n) is 4.08. The number of hydrogen-bond donors (Lipinski definition) is 2. The molecule has 0 aliphatic heterocycles.